The molecule has 2 rings (SSSR count). The van der Waals surface area contributed by atoms with Gasteiger partial charge in [0.25, 0.3) is 0 Å². The molecule has 0 aliphatic carbocycles. The van der Waals surface area contributed by atoms with Crippen molar-refractivity contribution in [3.8, 4) is 0 Å². The Morgan fingerprint density at radius 1 is 1.25 bits per heavy atom. The fourth-order valence-corrected chi connectivity index (χ4v) is 3.97. The van der Waals surface area contributed by atoms with E-state index in [1.807, 2.05) is 11.8 Å². The van der Waals surface area contributed by atoms with E-state index in [1.54, 1.807) is 0 Å². The van der Waals surface area contributed by atoms with Crippen molar-refractivity contribution in [1.82, 2.24) is 9.80 Å². The van der Waals surface area contributed by atoms with E-state index >= 15 is 0 Å². The number of nitrogens with two attached hydrogens (primary N) is 1. The summed E-state index contributed by atoms with van der Waals surface area (Å²) < 4.78 is 0. The van der Waals surface area contributed by atoms with E-state index in [1.165, 1.54) is 43.9 Å². The van der Waals surface area contributed by atoms with Crippen molar-refractivity contribution in [3.05, 3.63) is 0 Å². The van der Waals surface area contributed by atoms with Crippen molar-refractivity contribution >= 4 is 17.7 Å². The molecule has 2 heterocycles. The van der Waals surface area contributed by atoms with Crippen LogP contribution in [0.3, 0.4) is 0 Å². The van der Waals surface area contributed by atoms with Crippen LogP contribution in [0.1, 0.15) is 33.1 Å². The van der Waals surface area contributed by atoms with E-state index in [-0.39, 0.29) is 0 Å². The van der Waals surface area contributed by atoms with Gasteiger partial charge in [-0.25, -0.2) is 0 Å². The third-order valence-electron chi connectivity index (χ3n) is 4.15. The van der Waals surface area contributed by atoms with E-state index < -0.39 is 0 Å². The minimum absolute atomic E-state index is 0.601. The van der Waals surface area contributed by atoms with Gasteiger partial charge in [-0.05, 0) is 25.3 Å². The Bertz CT molecular complexity index is 313. The molecule has 1 atom stereocenters. The number of rotatable bonds is 4. The second kappa shape index (κ2) is 8.13. The van der Waals surface area contributed by atoms with E-state index in [0.717, 1.165) is 31.5 Å². The standard InChI is InChI=1S/C15H30N4S/c1-13(2)12-19-6-4-3-5-14(19)11-17-15(16)18-7-9-20-10-8-18/h13-14H,3-12H2,1-2H3,(H2,16,17). The van der Waals surface area contributed by atoms with Crippen LogP contribution >= 0.6 is 11.8 Å². The molecule has 2 aliphatic rings. The van der Waals surface area contributed by atoms with Gasteiger partial charge in [-0.1, -0.05) is 20.3 Å². The van der Waals surface area contributed by atoms with E-state index in [2.05, 4.69) is 23.6 Å². The van der Waals surface area contributed by atoms with E-state index in [9.17, 15) is 0 Å². The molecule has 0 aromatic heterocycles. The Hall–Kier alpha value is -0.420. The second-order valence-corrected chi connectivity index (χ2v) is 7.56. The molecule has 0 saturated carbocycles. The van der Waals surface area contributed by atoms with Gasteiger partial charge in [-0.2, -0.15) is 11.8 Å². The Morgan fingerprint density at radius 2 is 2.00 bits per heavy atom. The zero-order chi connectivity index (χ0) is 14.4. The molecule has 20 heavy (non-hydrogen) atoms. The van der Waals surface area contributed by atoms with Gasteiger partial charge in [-0.15, -0.1) is 0 Å². The molecule has 2 aliphatic heterocycles. The highest BCUT2D eigenvalue weighted by molar-refractivity contribution is 7.99. The first kappa shape index (κ1) is 16.0. The summed E-state index contributed by atoms with van der Waals surface area (Å²) in [7, 11) is 0. The molecule has 0 aromatic rings. The molecule has 0 aromatic carbocycles. The van der Waals surface area contributed by atoms with Gasteiger partial charge in [0.15, 0.2) is 5.96 Å². The molecule has 2 N–H and O–H groups in total. The lowest BCUT2D eigenvalue weighted by atomic mass is 10.0. The lowest BCUT2D eigenvalue weighted by Crippen LogP contribution is -2.46. The molecular formula is C15H30N4S. The summed E-state index contributed by atoms with van der Waals surface area (Å²) in [4.78, 5) is 9.56. The molecule has 1 unspecified atom stereocenters. The summed E-state index contributed by atoms with van der Waals surface area (Å²) in [5.41, 5.74) is 6.16. The number of hydrogen-bond donors (Lipinski definition) is 1. The quantitative estimate of drug-likeness (QED) is 0.635. The van der Waals surface area contributed by atoms with Crippen molar-refractivity contribution < 1.29 is 0 Å². The average molecular weight is 299 g/mol. The SMILES string of the molecule is CC(C)CN1CCCCC1CN=C(N)N1CCSCC1. The Morgan fingerprint density at radius 3 is 2.70 bits per heavy atom. The third-order valence-corrected chi connectivity index (χ3v) is 5.09. The second-order valence-electron chi connectivity index (χ2n) is 6.34. The highest BCUT2D eigenvalue weighted by Gasteiger charge is 2.23. The summed E-state index contributed by atoms with van der Waals surface area (Å²) in [6.07, 6.45) is 3.96. The van der Waals surface area contributed by atoms with Gasteiger partial charge < -0.3 is 10.6 Å². The first-order chi connectivity index (χ1) is 9.66. The maximum atomic E-state index is 6.16. The van der Waals surface area contributed by atoms with Gasteiger partial charge in [0, 0.05) is 37.2 Å². The van der Waals surface area contributed by atoms with Crippen LogP contribution in [0.25, 0.3) is 0 Å². The van der Waals surface area contributed by atoms with Gasteiger partial charge in [0.1, 0.15) is 0 Å². The summed E-state index contributed by atoms with van der Waals surface area (Å²) >= 11 is 2.01. The number of aliphatic imine (C=N–C) groups is 1. The maximum absolute atomic E-state index is 6.16. The molecule has 0 radical (unpaired) electrons. The van der Waals surface area contributed by atoms with Crippen LogP contribution in [-0.4, -0.2) is 66.0 Å². The van der Waals surface area contributed by atoms with E-state index in [0.29, 0.717) is 6.04 Å². The zero-order valence-corrected chi connectivity index (χ0v) is 13.9. The number of guanidine groups is 1. The largest absolute Gasteiger partial charge is 0.370 e. The molecule has 2 saturated heterocycles. The highest BCUT2D eigenvalue weighted by atomic mass is 32.2. The summed E-state index contributed by atoms with van der Waals surface area (Å²) in [6, 6.07) is 0.601. The van der Waals surface area contributed by atoms with Crippen molar-refractivity contribution in [3.63, 3.8) is 0 Å². The maximum Gasteiger partial charge on any atom is 0.191 e. The monoisotopic (exact) mass is 298 g/mol. The molecule has 0 spiro atoms. The summed E-state index contributed by atoms with van der Waals surface area (Å²) in [6.45, 7) is 10.0. The predicted octanol–water partition coefficient (Wildman–Crippen LogP) is 1.86. The van der Waals surface area contributed by atoms with Crippen molar-refractivity contribution in [2.75, 3.05) is 44.2 Å². The van der Waals surface area contributed by atoms with Crippen molar-refractivity contribution in [1.29, 1.82) is 0 Å². The lowest BCUT2D eigenvalue weighted by Gasteiger charge is -2.36. The number of likely N-dealkylation sites (tertiary alicyclic amines) is 1. The van der Waals surface area contributed by atoms with Gasteiger partial charge in [0.05, 0.1) is 6.54 Å². The van der Waals surface area contributed by atoms with Gasteiger partial charge in [-0.3, -0.25) is 9.89 Å². The van der Waals surface area contributed by atoms with Crippen LogP contribution in [0.2, 0.25) is 0 Å². The van der Waals surface area contributed by atoms with Gasteiger partial charge >= 0.3 is 0 Å². The van der Waals surface area contributed by atoms with Gasteiger partial charge in [0.2, 0.25) is 0 Å². The lowest BCUT2D eigenvalue weighted by molar-refractivity contribution is 0.136. The van der Waals surface area contributed by atoms with Crippen LogP contribution in [0.4, 0.5) is 0 Å². The summed E-state index contributed by atoms with van der Waals surface area (Å²) in [5, 5.41) is 0. The predicted molar refractivity (Wildman–Crippen MR) is 89.4 cm³/mol. The molecule has 4 nitrogen and oxygen atoms in total. The first-order valence-electron chi connectivity index (χ1n) is 8.03. The minimum atomic E-state index is 0.601. The molecule has 116 valence electrons. The Kier molecular flexibility index (Phi) is 6.49. The molecule has 0 bridgehead atoms. The highest BCUT2D eigenvalue weighted by Crippen LogP contribution is 2.19. The number of piperidine rings is 1. The van der Waals surface area contributed by atoms with Crippen LogP contribution in [0.15, 0.2) is 4.99 Å². The molecule has 5 heteroatoms. The fourth-order valence-electron chi connectivity index (χ4n) is 3.07. The topological polar surface area (TPSA) is 44.9 Å². The summed E-state index contributed by atoms with van der Waals surface area (Å²) in [5.74, 6) is 3.86. The zero-order valence-electron chi connectivity index (χ0n) is 13.1. The number of hydrogen-bond acceptors (Lipinski definition) is 3. The minimum Gasteiger partial charge on any atom is -0.370 e. The molecule has 0 amide bonds. The Balaban J connectivity index is 1.85. The average Bonchev–Trinajstić information content (AvgIpc) is 2.46. The first-order valence-corrected chi connectivity index (χ1v) is 9.19. The number of nitrogens with zero attached hydrogens (tertiary/aromatic N) is 3. The Labute approximate surface area is 128 Å². The van der Waals surface area contributed by atoms with E-state index in [4.69, 9.17) is 10.7 Å². The number of thioether (sulfide) groups is 1. The van der Waals surface area contributed by atoms with Crippen LogP contribution < -0.4 is 5.73 Å². The third kappa shape index (κ3) is 4.85. The van der Waals surface area contributed by atoms with Crippen LogP contribution in [0.5, 0.6) is 0 Å². The van der Waals surface area contributed by atoms with Crippen molar-refractivity contribution in [2.24, 2.45) is 16.6 Å². The molecule has 2 fully saturated rings. The smallest absolute Gasteiger partial charge is 0.191 e. The molecular weight excluding hydrogens is 268 g/mol. The van der Waals surface area contributed by atoms with Crippen LogP contribution in [-0.2, 0) is 0 Å². The normalized spacial score (nSPS) is 26.2. The van der Waals surface area contributed by atoms with Crippen LogP contribution in [0, 0.1) is 5.92 Å². The fraction of sp³-hybridized carbons (Fsp3) is 0.933. The van der Waals surface area contributed by atoms with Crippen molar-refractivity contribution in [2.45, 2.75) is 39.2 Å².